The molecule has 2 aromatic heterocycles. The van der Waals surface area contributed by atoms with Crippen molar-refractivity contribution in [2.24, 2.45) is 0 Å². The fraction of sp³-hybridized carbons (Fsp3) is 0.0286. The molecule has 0 aliphatic rings. The molecule has 80 heavy (non-hydrogen) atoms. The van der Waals surface area contributed by atoms with E-state index in [0.717, 1.165) is 56.6 Å². The summed E-state index contributed by atoms with van der Waals surface area (Å²) in [5.74, 6) is 3.39. The minimum atomic E-state index is -1.28. The summed E-state index contributed by atoms with van der Waals surface area (Å²) >= 11 is 0. The number of aryl methyl sites for hydroxylation is 2. The molecule has 0 amide bonds. The Bertz CT molecular complexity index is 3380. The fourth-order valence-corrected chi connectivity index (χ4v) is 14.1. The van der Waals surface area contributed by atoms with Crippen molar-refractivity contribution in [1.29, 1.82) is 0 Å². The Morgan fingerprint density at radius 3 is 0.863 bits per heavy atom. The van der Waals surface area contributed by atoms with Gasteiger partial charge in [-0.2, -0.15) is 49.5 Å². The molecule has 1 radical (unpaired) electrons. The number of benzene rings is 10. The summed E-state index contributed by atoms with van der Waals surface area (Å²) in [5.41, 5.74) is 8.33. The summed E-state index contributed by atoms with van der Waals surface area (Å²) in [6.45, 7) is 11.7. The molecule has 12 aromatic rings. The first-order valence-corrected chi connectivity index (χ1v) is 28.7. The summed E-state index contributed by atoms with van der Waals surface area (Å²) < 4.78 is 12.7. The molecule has 0 bridgehead atoms. The molecule has 12 rings (SSSR count). The van der Waals surface area contributed by atoms with Crippen molar-refractivity contribution in [3.8, 4) is 45.3 Å². The number of aromatic nitrogens is 4. The average molecular weight is 1180 g/mol. The number of nitrogens with zero attached hydrogens (tertiary/aromatic N) is 4. The molecular formula is C70H60Cu2N4O2P2-. The van der Waals surface area contributed by atoms with Crippen molar-refractivity contribution in [2.45, 2.75) is 13.8 Å². The molecule has 0 saturated heterocycles. The SMILES string of the molecule is Cc1n[n-]cc1-c1ccccc1.Cc1n[n-]cc1-c1ccccc1.[CH2-]c1ccccc1Oc1ccccc1[CH2-].[Cu+].[Cu].c1ccc([PH+](c2ccccc2)c2ccccc2Oc2ccccc2[PH+](c2ccccc2)c2ccccc2)cc1. The molecular weight excluding hydrogens is 1120 g/mol. The van der Waals surface area contributed by atoms with E-state index in [-0.39, 0.29) is 34.1 Å². The van der Waals surface area contributed by atoms with Gasteiger partial charge < -0.3 is 29.9 Å². The van der Waals surface area contributed by atoms with Crippen LogP contribution in [-0.4, -0.2) is 10.2 Å². The van der Waals surface area contributed by atoms with Gasteiger partial charge in [0, 0.05) is 40.0 Å². The summed E-state index contributed by atoms with van der Waals surface area (Å²) in [5, 5.41) is 23.5. The molecule has 0 unspecified atom stereocenters. The van der Waals surface area contributed by atoms with Gasteiger partial charge in [0.05, 0.1) is 0 Å². The first-order valence-electron chi connectivity index (χ1n) is 25.7. The Kier molecular flexibility index (Phi) is 23.0. The van der Waals surface area contributed by atoms with Crippen LogP contribution in [0.1, 0.15) is 22.5 Å². The Morgan fingerprint density at radius 1 is 0.325 bits per heavy atom. The normalized spacial score (nSPS) is 10.2. The molecule has 10 aromatic carbocycles. The van der Waals surface area contributed by atoms with Crippen LogP contribution >= 0.6 is 15.8 Å². The molecule has 10 heteroatoms. The van der Waals surface area contributed by atoms with Gasteiger partial charge in [0.2, 0.25) is 0 Å². The van der Waals surface area contributed by atoms with Gasteiger partial charge in [-0.25, -0.2) is 0 Å². The molecule has 0 atom stereocenters. The van der Waals surface area contributed by atoms with E-state index in [4.69, 9.17) is 9.47 Å². The number of ether oxygens (including phenoxy) is 2. The van der Waals surface area contributed by atoms with E-state index < -0.39 is 15.8 Å². The molecule has 2 heterocycles. The largest absolute Gasteiger partial charge is 1.00 e. The third-order valence-electron chi connectivity index (χ3n) is 12.7. The van der Waals surface area contributed by atoms with E-state index in [1.807, 2.05) is 98.8 Å². The number of hydrogen-bond acceptors (Lipinski definition) is 4. The van der Waals surface area contributed by atoms with E-state index in [1.54, 1.807) is 12.4 Å². The Morgan fingerprint density at radius 2 is 0.575 bits per heavy atom. The van der Waals surface area contributed by atoms with Gasteiger partial charge in [-0.1, -0.05) is 182 Å². The van der Waals surface area contributed by atoms with Gasteiger partial charge in [0.15, 0.2) is 11.5 Å². The van der Waals surface area contributed by atoms with Crippen LogP contribution in [0.25, 0.3) is 22.3 Å². The Labute approximate surface area is 495 Å². The fourth-order valence-electron chi connectivity index (χ4n) is 8.79. The molecule has 0 aliphatic heterocycles. The van der Waals surface area contributed by atoms with Gasteiger partial charge in [-0.3, -0.25) is 0 Å². The predicted molar refractivity (Wildman–Crippen MR) is 330 cm³/mol. The second-order valence-corrected chi connectivity index (χ2v) is 22.9. The van der Waals surface area contributed by atoms with E-state index in [9.17, 15) is 0 Å². The molecule has 0 saturated carbocycles. The van der Waals surface area contributed by atoms with Crippen LogP contribution < -0.4 is 51.5 Å². The zero-order valence-electron chi connectivity index (χ0n) is 44.3. The molecule has 0 N–H and O–H groups in total. The monoisotopic (exact) mass is 1180 g/mol. The third kappa shape index (κ3) is 16.0. The summed E-state index contributed by atoms with van der Waals surface area (Å²) in [6.07, 6.45) is 3.59. The predicted octanol–water partition coefficient (Wildman–Crippen LogP) is 14.3. The topological polar surface area (TPSA) is 72.4 Å². The minimum absolute atomic E-state index is 0. The van der Waals surface area contributed by atoms with Crippen molar-refractivity contribution in [3.05, 3.63) is 328 Å². The second kappa shape index (κ2) is 30.9. The first-order chi connectivity index (χ1) is 38.4. The first kappa shape index (κ1) is 59.5. The van der Waals surface area contributed by atoms with E-state index in [2.05, 4.69) is 228 Å². The van der Waals surface area contributed by atoms with Gasteiger partial charge >= 0.3 is 17.1 Å². The van der Waals surface area contributed by atoms with Crippen LogP contribution in [-0.2, 0) is 34.1 Å². The van der Waals surface area contributed by atoms with Gasteiger partial charge in [0.25, 0.3) is 0 Å². The average Bonchev–Trinajstić information content (AvgIpc) is 4.16. The summed E-state index contributed by atoms with van der Waals surface area (Å²) in [7, 11) is -2.56. The van der Waals surface area contributed by atoms with E-state index >= 15 is 0 Å². The van der Waals surface area contributed by atoms with Crippen LogP contribution in [0.2, 0.25) is 0 Å². The number of para-hydroxylation sites is 4. The van der Waals surface area contributed by atoms with Crippen LogP contribution in [0.15, 0.2) is 291 Å². The minimum Gasteiger partial charge on any atom is -0.581 e. The standard InChI is InChI=1S/C36H28OP2.C14H12O.2C10H9N2.2Cu/c1-5-17-29(18-6-1)38(30-19-7-2-8-20-30)35-27-15-13-25-33(35)37-34-26-14-16-28-36(34)39(31-21-9-3-10-22-31)32-23-11-4-12-24-32;1-11-7-3-5-9-13(11)15-14-10-6-4-8-12(14)2;2*1-8-10(7-11-12-8)9-5-3-2-4-6-9;;/h1-28H;3-10H,1-2H2;2*2-7H,1H3;;/q;-2;2*-1;;+1/p+2. The van der Waals surface area contributed by atoms with Crippen molar-refractivity contribution in [1.82, 2.24) is 20.4 Å². The number of hydrogen-bond donors (Lipinski definition) is 0. The van der Waals surface area contributed by atoms with E-state index in [1.165, 1.54) is 43.0 Å². The Hall–Kier alpha value is -8.14. The quantitative estimate of drug-likeness (QED) is 0.0689. The maximum atomic E-state index is 6.94. The summed E-state index contributed by atoms with van der Waals surface area (Å²) in [6, 6.07) is 96.2. The van der Waals surface area contributed by atoms with Crippen LogP contribution in [0.3, 0.4) is 0 Å². The Balaban J connectivity index is 0.000000183. The molecule has 405 valence electrons. The second-order valence-electron chi connectivity index (χ2n) is 18.0. The van der Waals surface area contributed by atoms with E-state index in [0.29, 0.717) is 0 Å². The van der Waals surface area contributed by atoms with Crippen molar-refractivity contribution in [3.63, 3.8) is 0 Å². The zero-order valence-corrected chi connectivity index (χ0v) is 48.2. The van der Waals surface area contributed by atoms with Crippen LogP contribution in [0.5, 0.6) is 23.0 Å². The maximum Gasteiger partial charge on any atom is 1.00 e. The van der Waals surface area contributed by atoms with Gasteiger partial charge in [0.1, 0.15) is 47.7 Å². The molecule has 0 aliphatic carbocycles. The van der Waals surface area contributed by atoms with Crippen LogP contribution in [0.4, 0.5) is 0 Å². The van der Waals surface area contributed by atoms with Crippen molar-refractivity contribution < 1.29 is 43.6 Å². The molecule has 0 spiro atoms. The smallest absolute Gasteiger partial charge is 0.581 e. The van der Waals surface area contributed by atoms with Crippen LogP contribution in [0, 0.1) is 27.7 Å². The van der Waals surface area contributed by atoms with Gasteiger partial charge in [-0.05, 0) is 109 Å². The van der Waals surface area contributed by atoms with Gasteiger partial charge in [-0.15, -0.1) is 12.1 Å². The summed E-state index contributed by atoms with van der Waals surface area (Å²) in [4.78, 5) is 0. The van der Waals surface area contributed by atoms with Crippen molar-refractivity contribution in [2.75, 3.05) is 0 Å². The van der Waals surface area contributed by atoms with Crippen molar-refractivity contribution >= 4 is 47.7 Å². The third-order valence-corrected chi connectivity index (χ3v) is 18.2. The zero-order chi connectivity index (χ0) is 53.7. The number of rotatable bonds is 12. The molecule has 0 fully saturated rings. The molecule has 6 nitrogen and oxygen atoms in total. The maximum absolute atomic E-state index is 6.94.